The fourth-order valence-electron chi connectivity index (χ4n) is 4.08. The molecule has 0 atom stereocenters. The fraction of sp³-hybridized carbons (Fsp3) is 0.345. The van der Waals surface area contributed by atoms with Gasteiger partial charge in [-0.05, 0) is 28.8 Å². The molecule has 0 saturated carbocycles. The molecule has 0 aliphatic carbocycles. The van der Waals surface area contributed by atoms with Crippen LogP contribution in [0.1, 0.15) is 11.1 Å². The second-order valence-corrected chi connectivity index (χ2v) is 8.63. The zero-order valence-corrected chi connectivity index (χ0v) is 23.5. The van der Waals surface area contributed by atoms with Crippen LogP contribution in [0, 0.1) is 0 Å². The Labute approximate surface area is 239 Å². The summed E-state index contributed by atoms with van der Waals surface area (Å²) >= 11 is 0. The van der Waals surface area contributed by atoms with Gasteiger partial charge in [-0.25, -0.2) is 9.13 Å². The molecule has 0 aliphatic heterocycles. The first-order chi connectivity index (χ1) is 18.8. The Hall–Kier alpha value is -3.40. The van der Waals surface area contributed by atoms with E-state index in [9.17, 15) is 0 Å². The highest BCUT2D eigenvalue weighted by molar-refractivity contribution is 5.74. The van der Waals surface area contributed by atoms with Gasteiger partial charge in [0, 0.05) is 17.5 Å². The second-order valence-electron chi connectivity index (χ2n) is 8.63. The molecule has 10 heteroatoms. The van der Waals surface area contributed by atoms with Crippen molar-refractivity contribution in [2.75, 3.05) is 52.8 Å². The van der Waals surface area contributed by atoms with E-state index in [2.05, 4.69) is 86.2 Å². The summed E-state index contributed by atoms with van der Waals surface area (Å²) in [4.78, 5) is 2.67. The predicted octanol–water partition coefficient (Wildman–Crippen LogP) is 1.77. The molecule has 0 saturated heterocycles. The first-order valence-corrected chi connectivity index (χ1v) is 12.8. The van der Waals surface area contributed by atoms with Crippen LogP contribution in [-0.4, -0.2) is 57.4 Å². The van der Waals surface area contributed by atoms with Gasteiger partial charge < -0.3 is 35.9 Å². The average molecular weight is 597 g/mol. The van der Waals surface area contributed by atoms with Gasteiger partial charge in [0.25, 0.3) is 0 Å². The summed E-state index contributed by atoms with van der Waals surface area (Å²) < 4.78 is 26.9. The lowest BCUT2D eigenvalue weighted by molar-refractivity contribution is -0.663. The Bertz CT molecular complexity index is 1300. The topological polar surface area (TPSA) is 94.5 Å². The Balaban J connectivity index is 0.00000420. The molecule has 9 nitrogen and oxygen atoms in total. The van der Waals surface area contributed by atoms with E-state index in [-0.39, 0.29) is 17.0 Å². The van der Waals surface area contributed by atoms with Gasteiger partial charge in [-0.15, -0.1) is 0 Å². The van der Waals surface area contributed by atoms with Gasteiger partial charge in [-0.3, -0.25) is 0 Å². The highest BCUT2D eigenvalue weighted by atomic mass is 79.9. The van der Waals surface area contributed by atoms with Crippen LogP contribution < -0.4 is 26.3 Å². The number of aromatic nitrogens is 2. The average Bonchev–Trinajstić information content (AvgIpc) is 3.28. The van der Waals surface area contributed by atoms with Gasteiger partial charge in [0.05, 0.1) is 39.6 Å². The minimum Gasteiger partial charge on any atom is -1.00 e. The van der Waals surface area contributed by atoms with Crippen molar-refractivity contribution in [1.29, 1.82) is 0 Å². The number of imidazole rings is 1. The molecular formula is C29H34BrN5O4. The van der Waals surface area contributed by atoms with E-state index >= 15 is 0 Å². The first-order valence-electron chi connectivity index (χ1n) is 12.8. The van der Waals surface area contributed by atoms with Crippen molar-refractivity contribution in [1.82, 2.24) is 4.57 Å². The summed E-state index contributed by atoms with van der Waals surface area (Å²) in [6.07, 6.45) is 2.18. The number of hydrogen-bond donors (Lipinski definition) is 0. The Kier molecular flexibility index (Phi) is 13.3. The summed E-state index contributed by atoms with van der Waals surface area (Å²) in [7, 11) is 0. The molecule has 0 spiro atoms. The van der Waals surface area contributed by atoms with Crippen LogP contribution in [0.25, 0.3) is 21.5 Å². The van der Waals surface area contributed by atoms with E-state index in [0.29, 0.717) is 52.8 Å². The minimum absolute atomic E-state index is 0. The minimum atomic E-state index is 0. The van der Waals surface area contributed by atoms with E-state index in [4.69, 9.17) is 24.5 Å². The van der Waals surface area contributed by atoms with Crippen LogP contribution >= 0.6 is 0 Å². The molecule has 0 bridgehead atoms. The van der Waals surface area contributed by atoms with Gasteiger partial charge in [0.2, 0.25) is 6.33 Å². The van der Waals surface area contributed by atoms with Crippen molar-refractivity contribution >= 4 is 11.0 Å². The Morgan fingerprint density at radius 2 is 1.36 bits per heavy atom. The van der Waals surface area contributed by atoms with Crippen LogP contribution in [0.5, 0.6) is 5.75 Å². The molecule has 1 aromatic heterocycles. The molecule has 0 unspecified atom stereocenters. The molecule has 4 aromatic rings. The van der Waals surface area contributed by atoms with Crippen LogP contribution in [0.2, 0.25) is 0 Å². The smallest absolute Gasteiger partial charge is 0.245 e. The molecule has 0 N–H and O–H groups in total. The molecule has 0 fully saturated rings. The number of nitrogens with zero attached hydrogens (tertiary/aromatic N) is 5. The highest BCUT2D eigenvalue weighted by Gasteiger charge is 2.17. The molecule has 206 valence electrons. The van der Waals surface area contributed by atoms with Crippen molar-refractivity contribution in [3.05, 3.63) is 107 Å². The number of ether oxygens (including phenoxy) is 4. The summed E-state index contributed by atoms with van der Waals surface area (Å²) in [6, 6.07) is 27.2. The number of benzene rings is 3. The lowest BCUT2D eigenvalue weighted by Gasteiger charge is -2.08. The van der Waals surface area contributed by atoms with E-state index in [1.807, 2.05) is 18.2 Å². The monoisotopic (exact) mass is 595 g/mol. The van der Waals surface area contributed by atoms with E-state index in [1.54, 1.807) is 0 Å². The first kappa shape index (κ1) is 30.1. The lowest BCUT2D eigenvalue weighted by Crippen LogP contribution is -3.00. The van der Waals surface area contributed by atoms with Crippen LogP contribution in [0.15, 0.2) is 90.3 Å². The predicted molar refractivity (Wildman–Crippen MR) is 145 cm³/mol. The van der Waals surface area contributed by atoms with Gasteiger partial charge in [-0.2, -0.15) is 0 Å². The SMILES string of the molecule is [Br-].[N-]=[N+]=NCCOCCOCCOCCOc1ccc2c(c1)[n+](Cc1ccccc1)cn2Cc1ccccc1. The summed E-state index contributed by atoms with van der Waals surface area (Å²) in [6.45, 7) is 5.16. The third-order valence-electron chi connectivity index (χ3n) is 5.88. The fourth-order valence-corrected chi connectivity index (χ4v) is 4.08. The molecule has 3 aromatic carbocycles. The van der Waals surface area contributed by atoms with Crippen LogP contribution in [0.4, 0.5) is 0 Å². The maximum atomic E-state index is 8.19. The second kappa shape index (κ2) is 17.2. The maximum Gasteiger partial charge on any atom is 0.245 e. The van der Waals surface area contributed by atoms with Gasteiger partial charge in [-0.1, -0.05) is 65.8 Å². The number of hydrogen-bond acceptors (Lipinski definition) is 5. The molecular weight excluding hydrogens is 562 g/mol. The largest absolute Gasteiger partial charge is 1.00 e. The van der Waals surface area contributed by atoms with Gasteiger partial charge in [0.15, 0.2) is 11.0 Å². The zero-order valence-electron chi connectivity index (χ0n) is 21.9. The number of fused-ring (bicyclic) bond motifs is 1. The zero-order chi connectivity index (χ0) is 26.3. The molecule has 0 radical (unpaired) electrons. The lowest BCUT2D eigenvalue weighted by atomic mass is 10.2. The highest BCUT2D eigenvalue weighted by Crippen LogP contribution is 2.20. The van der Waals surface area contributed by atoms with Gasteiger partial charge in [0.1, 0.15) is 25.4 Å². The maximum absolute atomic E-state index is 8.19. The van der Waals surface area contributed by atoms with Crippen molar-refractivity contribution in [3.8, 4) is 5.75 Å². The normalized spacial score (nSPS) is 10.7. The van der Waals surface area contributed by atoms with E-state index < -0.39 is 0 Å². The van der Waals surface area contributed by atoms with Crippen molar-refractivity contribution in [2.24, 2.45) is 5.11 Å². The standard InChI is InChI=1S/C29H34N5O4.BrH/c30-32-31-13-14-35-15-16-36-17-18-37-19-20-38-27-11-12-28-29(21-27)34(23-26-9-5-2-6-10-26)24-33(28)22-25-7-3-1-4-8-25;/h1-12,21,24H,13-20,22-23H2;1H/q+1;/p-1. The van der Waals surface area contributed by atoms with Crippen LogP contribution in [0.3, 0.4) is 0 Å². The number of rotatable bonds is 17. The molecule has 4 rings (SSSR count). The van der Waals surface area contributed by atoms with Crippen LogP contribution in [-0.2, 0) is 27.3 Å². The summed E-state index contributed by atoms with van der Waals surface area (Å²) in [5, 5.41) is 3.40. The van der Waals surface area contributed by atoms with Crippen molar-refractivity contribution in [2.45, 2.75) is 13.1 Å². The number of halogens is 1. The molecule has 0 amide bonds. The van der Waals surface area contributed by atoms with E-state index in [0.717, 1.165) is 29.9 Å². The quantitative estimate of drug-likeness (QED) is 0.0611. The Morgan fingerprint density at radius 1 is 0.744 bits per heavy atom. The molecule has 39 heavy (non-hydrogen) atoms. The van der Waals surface area contributed by atoms with Crippen molar-refractivity contribution in [3.63, 3.8) is 0 Å². The molecule has 1 heterocycles. The Morgan fingerprint density at radius 3 is 2.03 bits per heavy atom. The third-order valence-corrected chi connectivity index (χ3v) is 5.88. The van der Waals surface area contributed by atoms with Gasteiger partial charge >= 0.3 is 0 Å². The number of azide groups is 1. The van der Waals surface area contributed by atoms with Crippen molar-refractivity contribution < 1.29 is 40.5 Å². The summed E-state index contributed by atoms with van der Waals surface area (Å²) in [5.74, 6) is 0.814. The third kappa shape index (κ3) is 10.0. The van der Waals surface area contributed by atoms with E-state index in [1.165, 1.54) is 11.1 Å². The summed E-state index contributed by atoms with van der Waals surface area (Å²) in [5.41, 5.74) is 13.0. The molecule has 0 aliphatic rings.